The van der Waals surface area contributed by atoms with Crippen LogP contribution in [0.2, 0.25) is 0 Å². The molecule has 5 aromatic rings. The second-order valence-electron chi connectivity index (χ2n) is 15.7. The van der Waals surface area contributed by atoms with E-state index in [1.807, 2.05) is 140 Å². The fourth-order valence-electron chi connectivity index (χ4n) is 8.08. The third-order valence-corrected chi connectivity index (χ3v) is 11.4. The summed E-state index contributed by atoms with van der Waals surface area (Å²) >= 11 is 0. The predicted molar refractivity (Wildman–Crippen MR) is 236 cm³/mol. The Balaban J connectivity index is 1.11. The molecular formula is C50H58N4O7. The highest BCUT2D eigenvalue weighted by molar-refractivity contribution is 5.69. The first-order valence-electron chi connectivity index (χ1n) is 21.4. The predicted octanol–water partition coefficient (Wildman–Crippen LogP) is 9.48. The molecule has 1 N–H and O–H groups in total. The Kier molecular flexibility index (Phi) is 17.3. The highest BCUT2D eigenvalue weighted by Gasteiger charge is 2.61. The van der Waals surface area contributed by atoms with E-state index in [2.05, 4.69) is 17.4 Å². The van der Waals surface area contributed by atoms with Crippen LogP contribution in [-0.4, -0.2) is 71.4 Å². The standard InChI is InChI=1S/C50H58N4O7/c55-48(60-39-45-23-12-4-13-24-45)52(34-30-41-17-6-1-7-18-41)36-33-51-32-16-27-43-28-29-47(59-38-44-21-10-3-11-22-44)50(37-43,54(57)58)53(35-31-42-19-8-2-9-20-42)49(56)61-40-46-25-14-5-15-26-46/h1-15,17-26,43,47,51H,16,27-40H2. The van der Waals surface area contributed by atoms with Gasteiger partial charge in [-0.1, -0.05) is 152 Å². The first-order chi connectivity index (χ1) is 29.9. The number of hydrogen-bond donors (Lipinski definition) is 1. The van der Waals surface area contributed by atoms with Gasteiger partial charge < -0.3 is 24.4 Å². The van der Waals surface area contributed by atoms with Gasteiger partial charge >= 0.3 is 17.8 Å². The van der Waals surface area contributed by atoms with E-state index in [1.165, 1.54) is 4.90 Å². The molecule has 61 heavy (non-hydrogen) atoms. The molecule has 3 atom stereocenters. The van der Waals surface area contributed by atoms with Crippen molar-refractivity contribution in [2.75, 3.05) is 32.7 Å². The quantitative estimate of drug-likeness (QED) is 0.0317. The Hall–Kier alpha value is -6.04. The molecule has 1 aliphatic carbocycles. The molecule has 6 rings (SSSR count). The molecule has 3 unspecified atom stereocenters. The van der Waals surface area contributed by atoms with Crippen molar-refractivity contribution in [3.05, 3.63) is 190 Å². The second-order valence-corrected chi connectivity index (χ2v) is 15.7. The molecule has 320 valence electrons. The minimum atomic E-state index is -1.85. The van der Waals surface area contributed by atoms with Crippen molar-refractivity contribution in [3.63, 3.8) is 0 Å². The lowest BCUT2D eigenvalue weighted by Crippen LogP contribution is -2.67. The normalized spacial score (nSPS) is 17.2. The number of hydrogen-bond acceptors (Lipinski definition) is 8. The Bertz CT molecular complexity index is 2040. The lowest BCUT2D eigenvalue weighted by Gasteiger charge is -2.45. The van der Waals surface area contributed by atoms with Crippen LogP contribution in [-0.2, 0) is 46.9 Å². The lowest BCUT2D eigenvalue weighted by atomic mass is 9.76. The van der Waals surface area contributed by atoms with Crippen LogP contribution in [0.15, 0.2) is 152 Å². The zero-order valence-corrected chi connectivity index (χ0v) is 34.9. The first kappa shape index (κ1) is 44.5. The molecule has 5 aromatic carbocycles. The van der Waals surface area contributed by atoms with Crippen molar-refractivity contribution in [3.8, 4) is 0 Å². The summed E-state index contributed by atoms with van der Waals surface area (Å²) in [6.45, 7) is 2.69. The van der Waals surface area contributed by atoms with Gasteiger partial charge in [-0.05, 0) is 78.8 Å². The van der Waals surface area contributed by atoms with E-state index < -0.39 is 17.9 Å². The first-order valence-corrected chi connectivity index (χ1v) is 21.4. The van der Waals surface area contributed by atoms with Crippen LogP contribution >= 0.6 is 0 Å². The van der Waals surface area contributed by atoms with Gasteiger partial charge in [0.1, 0.15) is 19.3 Å². The number of amides is 2. The lowest BCUT2D eigenvalue weighted by molar-refractivity contribution is -0.618. The van der Waals surface area contributed by atoms with Gasteiger partial charge in [0.05, 0.1) is 11.5 Å². The van der Waals surface area contributed by atoms with Crippen LogP contribution in [0.1, 0.15) is 59.9 Å². The Morgan fingerprint density at radius 2 is 1.08 bits per heavy atom. The summed E-state index contributed by atoms with van der Waals surface area (Å²) in [7, 11) is 0. The van der Waals surface area contributed by atoms with Crippen LogP contribution in [0, 0.1) is 16.0 Å². The molecule has 1 fully saturated rings. The number of carbonyl (C=O) groups excluding carboxylic acids is 2. The minimum absolute atomic E-state index is 0.00558. The summed E-state index contributed by atoms with van der Waals surface area (Å²) < 4.78 is 18.1. The van der Waals surface area contributed by atoms with Gasteiger partial charge in [0.2, 0.25) is 0 Å². The maximum absolute atomic E-state index is 14.2. The maximum Gasteiger partial charge on any atom is 0.415 e. The number of carbonyl (C=O) groups is 2. The van der Waals surface area contributed by atoms with Gasteiger partial charge in [-0.15, -0.1) is 0 Å². The van der Waals surface area contributed by atoms with Gasteiger partial charge in [0.25, 0.3) is 0 Å². The van der Waals surface area contributed by atoms with Gasteiger partial charge in [-0.25, -0.2) is 14.5 Å². The highest BCUT2D eigenvalue weighted by atomic mass is 16.6. The molecule has 2 amide bonds. The average Bonchev–Trinajstić information content (AvgIpc) is 3.30. The summed E-state index contributed by atoms with van der Waals surface area (Å²) in [6, 6.07) is 48.4. The number of nitrogens with one attached hydrogen (secondary N) is 1. The third-order valence-electron chi connectivity index (χ3n) is 11.4. The molecule has 0 saturated heterocycles. The molecule has 11 nitrogen and oxygen atoms in total. The van der Waals surface area contributed by atoms with Crippen molar-refractivity contribution in [2.24, 2.45) is 5.92 Å². The Labute approximate surface area is 359 Å². The van der Waals surface area contributed by atoms with Crippen LogP contribution in [0.3, 0.4) is 0 Å². The molecular weight excluding hydrogens is 769 g/mol. The number of nitrogens with zero attached hydrogens (tertiary/aromatic N) is 3. The Morgan fingerprint density at radius 3 is 1.61 bits per heavy atom. The molecule has 0 heterocycles. The van der Waals surface area contributed by atoms with Crippen LogP contribution < -0.4 is 5.32 Å². The van der Waals surface area contributed by atoms with Crippen LogP contribution in [0.4, 0.5) is 9.59 Å². The SMILES string of the molecule is O=C(OCc1ccccc1)N(CCNCCCC1CCC(OCc2ccccc2)C(N(CCc2ccccc2)C(=O)OCc2ccccc2)([N+](=O)[O-])C1)CCc1ccccc1. The topological polar surface area (TPSA) is 123 Å². The van der Waals surface area contributed by atoms with Gasteiger partial charge in [-0.3, -0.25) is 10.1 Å². The smallest absolute Gasteiger partial charge is 0.415 e. The fraction of sp³-hybridized carbons (Fsp3) is 0.360. The van der Waals surface area contributed by atoms with E-state index in [1.54, 1.807) is 4.90 Å². The molecule has 1 aliphatic rings. The monoisotopic (exact) mass is 826 g/mol. The second kappa shape index (κ2) is 23.7. The van der Waals surface area contributed by atoms with E-state index in [0.29, 0.717) is 45.4 Å². The van der Waals surface area contributed by atoms with Crippen molar-refractivity contribution in [1.29, 1.82) is 0 Å². The number of nitro groups is 1. The van der Waals surface area contributed by atoms with Gasteiger partial charge in [0.15, 0.2) is 0 Å². The molecule has 0 aliphatic heterocycles. The van der Waals surface area contributed by atoms with E-state index >= 15 is 0 Å². The maximum atomic E-state index is 14.2. The van der Waals surface area contributed by atoms with E-state index in [9.17, 15) is 19.7 Å². The van der Waals surface area contributed by atoms with E-state index in [0.717, 1.165) is 47.1 Å². The van der Waals surface area contributed by atoms with Gasteiger partial charge in [0, 0.05) is 32.6 Å². The zero-order chi connectivity index (χ0) is 42.5. The molecule has 0 radical (unpaired) electrons. The van der Waals surface area contributed by atoms with E-state index in [4.69, 9.17) is 14.2 Å². The molecule has 1 saturated carbocycles. The summed E-state index contributed by atoms with van der Waals surface area (Å²) in [6.07, 6.45) is 1.93. The fourth-order valence-corrected chi connectivity index (χ4v) is 8.08. The van der Waals surface area contributed by atoms with Crippen molar-refractivity contribution < 1.29 is 28.7 Å². The zero-order valence-electron chi connectivity index (χ0n) is 34.9. The summed E-state index contributed by atoms with van der Waals surface area (Å²) in [5.74, 6) is -0.0414. The molecule has 0 spiro atoms. The number of rotatable bonds is 22. The van der Waals surface area contributed by atoms with Crippen molar-refractivity contribution in [1.82, 2.24) is 15.1 Å². The minimum Gasteiger partial charge on any atom is -0.445 e. The largest absolute Gasteiger partial charge is 0.445 e. The Morgan fingerprint density at radius 1 is 0.607 bits per heavy atom. The summed E-state index contributed by atoms with van der Waals surface area (Å²) in [4.78, 5) is 44.0. The molecule has 0 aromatic heterocycles. The van der Waals surface area contributed by atoms with Crippen LogP contribution in [0.25, 0.3) is 0 Å². The highest BCUT2D eigenvalue weighted by Crippen LogP contribution is 2.42. The average molecular weight is 827 g/mol. The van der Waals surface area contributed by atoms with Crippen LogP contribution in [0.5, 0.6) is 0 Å². The molecule has 11 heteroatoms. The number of ether oxygens (including phenoxy) is 3. The van der Waals surface area contributed by atoms with Gasteiger partial charge in [-0.2, -0.15) is 0 Å². The summed E-state index contributed by atoms with van der Waals surface area (Å²) in [5.41, 5.74) is 2.88. The summed E-state index contributed by atoms with van der Waals surface area (Å²) in [5, 5.41) is 17.2. The number of benzene rings is 5. The van der Waals surface area contributed by atoms with Crippen molar-refractivity contribution >= 4 is 12.2 Å². The van der Waals surface area contributed by atoms with E-state index in [-0.39, 0.29) is 49.7 Å². The third kappa shape index (κ3) is 13.5. The van der Waals surface area contributed by atoms with Crippen molar-refractivity contribution in [2.45, 2.75) is 76.5 Å². The molecule has 0 bridgehead atoms.